The third-order valence-electron chi connectivity index (χ3n) is 2.23. The Morgan fingerprint density at radius 1 is 1.41 bits per heavy atom. The Labute approximate surface area is 113 Å². The summed E-state index contributed by atoms with van der Waals surface area (Å²) in [6.45, 7) is 6.38. The molecule has 3 nitrogen and oxygen atoms in total. The van der Waals surface area contributed by atoms with Gasteiger partial charge < -0.3 is 0 Å². The zero-order valence-corrected chi connectivity index (χ0v) is 11.8. The molecule has 0 heterocycles. The van der Waals surface area contributed by atoms with Crippen LogP contribution in [0.25, 0.3) is 0 Å². The Morgan fingerprint density at radius 3 is 2.59 bits per heavy atom. The van der Waals surface area contributed by atoms with Crippen LogP contribution in [0.4, 0.5) is 5.69 Å². The van der Waals surface area contributed by atoms with Crippen molar-refractivity contribution in [3.8, 4) is 0 Å². The number of rotatable bonds is 6. The minimum absolute atomic E-state index is 0. The van der Waals surface area contributed by atoms with E-state index < -0.39 is 0 Å². The lowest BCUT2D eigenvalue weighted by atomic mass is 10.3. The number of para-hydroxylation sites is 1. The summed E-state index contributed by atoms with van der Waals surface area (Å²) in [7, 11) is 0. The summed E-state index contributed by atoms with van der Waals surface area (Å²) >= 11 is 0. The molecule has 1 aromatic carbocycles. The maximum atomic E-state index is 11.3. The van der Waals surface area contributed by atoms with E-state index in [2.05, 4.69) is 18.9 Å². The van der Waals surface area contributed by atoms with E-state index in [9.17, 15) is 4.79 Å². The second kappa shape index (κ2) is 8.82. The highest BCUT2D eigenvalue weighted by atomic mass is 79.9. The van der Waals surface area contributed by atoms with Crippen LogP contribution in [-0.2, 0) is 4.79 Å². The number of carbonyl (C=O) groups is 1. The molecule has 94 valence electrons. The van der Waals surface area contributed by atoms with Gasteiger partial charge in [-0.05, 0) is 24.6 Å². The molecule has 0 bridgehead atoms. The number of hydrazine groups is 1. The van der Waals surface area contributed by atoms with Crippen LogP contribution < -0.4 is 10.4 Å². The monoisotopic (exact) mass is 298 g/mol. The largest absolute Gasteiger partial charge is 0.285 e. The number of hydrogen-bond donors (Lipinski definition) is 1. The zero-order valence-electron chi connectivity index (χ0n) is 10.1. The number of anilines is 1. The first-order valence-corrected chi connectivity index (χ1v) is 5.53. The molecule has 1 aromatic rings. The first-order valence-electron chi connectivity index (χ1n) is 5.53. The van der Waals surface area contributed by atoms with Crippen LogP contribution in [-0.4, -0.2) is 12.5 Å². The second-order valence-electron chi connectivity index (χ2n) is 3.52. The summed E-state index contributed by atoms with van der Waals surface area (Å²) in [4.78, 5) is 11.3. The van der Waals surface area contributed by atoms with Gasteiger partial charge in [0.2, 0.25) is 0 Å². The van der Waals surface area contributed by atoms with E-state index in [1.807, 2.05) is 35.3 Å². The van der Waals surface area contributed by atoms with Gasteiger partial charge in [0.1, 0.15) is 0 Å². The molecule has 1 N–H and O–H groups in total. The van der Waals surface area contributed by atoms with Crippen molar-refractivity contribution in [1.29, 1.82) is 0 Å². The van der Waals surface area contributed by atoms with Crippen LogP contribution in [0.3, 0.4) is 0 Å². The van der Waals surface area contributed by atoms with Crippen LogP contribution in [0.2, 0.25) is 0 Å². The van der Waals surface area contributed by atoms with Crippen LogP contribution in [0.5, 0.6) is 0 Å². The third kappa shape index (κ3) is 5.54. The van der Waals surface area contributed by atoms with Gasteiger partial charge >= 0.3 is 0 Å². The highest BCUT2D eigenvalue weighted by Gasteiger charge is 2.06. The molecule has 0 aliphatic rings. The minimum Gasteiger partial charge on any atom is -0.285 e. The van der Waals surface area contributed by atoms with Crippen LogP contribution in [0, 0.1) is 0 Å². The van der Waals surface area contributed by atoms with Crippen molar-refractivity contribution in [2.75, 3.05) is 11.6 Å². The van der Waals surface area contributed by atoms with Gasteiger partial charge in [0.05, 0.1) is 5.69 Å². The molecule has 0 fully saturated rings. The number of nitrogens with one attached hydrogen (secondary N) is 1. The molecule has 0 spiro atoms. The van der Waals surface area contributed by atoms with E-state index in [4.69, 9.17) is 0 Å². The molecular formula is C13H19BrN2O. The maximum Gasteiger partial charge on any atom is 0.261 e. The molecule has 0 saturated heterocycles. The normalized spacial score (nSPS) is 9.00. The Hall–Kier alpha value is -1.29. The minimum atomic E-state index is -0.181. The van der Waals surface area contributed by atoms with Gasteiger partial charge in [-0.1, -0.05) is 38.1 Å². The summed E-state index contributed by atoms with van der Waals surface area (Å²) in [5, 5.41) is 1.85. The molecule has 0 aromatic heterocycles. The number of carbonyl (C=O) groups excluding carboxylic acids is 1. The van der Waals surface area contributed by atoms with E-state index in [0.717, 1.165) is 25.1 Å². The van der Waals surface area contributed by atoms with E-state index in [-0.39, 0.29) is 22.9 Å². The molecule has 4 heteroatoms. The molecule has 0 saturated carbocycles. The van der Waals surface area contributed by atoms with Crippen molar-refractivity contribution in [3.63, 3.8) is 0 Å². The zero-order chi connectivity index (χ0) is 11.8. The summed E-state index contributed by atoms with van der Waals surface area (Å²) in [5.74, 6) is -0.181. The van der Waals surface area contributed by atoms with Gasteiger partial charge in [-0.3, -0.25) is 15.2 Å². The Morgan fingerprint density at radius 2 is 2.06 bits per heavy atom. The lowest BCUT2D eigenvalue weighted by molar-refractivity contribution is -0.116. The van der Waals surface area contributed by atoms with Gasteiger partial charge in [0, 0.05) is 6.54 Å². The molecule has 0 atom stereocenters. The number of hydrogen-bond acceptors (Lipinski definition) is 2. The Kier molecular flexibility index (Phi) is 8.15. The van der Waals surface area contributed by atoms with Crippen molar-refractivity contribution in [2.45, 2.75) is 19.8 Å². The van der Waals surface area contributed by atoms with Gasteiger partial charge in [-0.15, -0.1) is 17.0 Å². The number of nitrogens with zero attached hydrogens (tertiary/aromatic N) is 1. The molecule has 1 amide bonds. The third-order valence-corrected chi connectivity index (χ3v) is 2.23. The van der Waals surface area contributed by atoms with Crippen LogP contribution in [0.15, 0.2) is 43.0 Å². The average Bonchev–Trinajstić information content (AvgIpc) is 2.35. The number of benzene rings is 1. The van der Waals surface area contributed by atoms with Crippen molar-refractivity contribution in [1.82, 2.24) is 5.43 Å². The summed E-state index contributed by atoms with van der Waals surface area (Å²) in [5.41, 5.74) is 3.79. The number of halogens is 1. The summed E-state index contributed by atoms with van der Waals surface area (Å²) in [6, 6.07) is 9.80. The van der Waals surface area contributed by atoms with Crippen LogP contribution >= 0.6 is 17.0 Å². The van der Waals surface area contributed by atoms with E-state index in [1.54, 1.807) is 0 Å². The number of unbranched alkanes of at least 4 members (excludes halogenated alkanes) is 1. The molecule has 0 aliphatic carbocycles. The molecule has 0 radical (unpaired) electrons. The van der Waals surface area contributed by atoms with Crippen LogP contribution in [0.1, 0.15) is 19.8 Å². The lowest BCUT2D eigenvalue weighted by Gasteiger charge is -2.24. The highest BCUT2D eigenvalue weighted by Crippen LogP contribution is 2.11. The van der Waals surface area contributed by atoms with E-state index in [0.29, 0.717) is 0 Å². The SMILES string of the molecule is Br.C=CC(=O)NN(CCCC)c1ccccc1. The Balaban J connectivity index is 0.00000256. The fourth-order valence-electron chi connectivity index (χ4n) is 1.35. The fourth-order valence-corrected chi connectivity index (χ4v) is 1.35. The van der Waals surface area contributed by atoms with Crippen molar-refractivity contribution >= 4 is 28.6 Å². The smallest absolute Gasteiger partial charge is 0.261 e. The summed E-state index contributed by atoms with van der Waals surface area (Å²) in [6.07, 6.45) is 3.40. The standard InChI is InChI=1S/C13H18N2O.BrH/c1-3-5-11-15(14-13(16)4-2)12-9-7-6-8-10-12;/h4,6-10H,2-3,5,11H2,1H3,(H,14,16);1H. The first kappa shape index (κ1) is 15.7. The van der Waals surface area contributed by atoms with Crippen molar-refractivity contribution in [3.05, 3.63) is 43.0 Å². The van der Waals surface area contributed by atoms with Gasteiger partial charge in [0.25, 0.3) is 5.91 Å². The van der Waals surface area contributed by atoms with Crippen molar-refractivity contribution < 1.29 is 4.79 Å². The molecule has 0 aliphatic heterocycles. The first-order chi connectivity index (χ1) is 7.77. The predicted molar refractivity (Wildman–Crippen MR) is 77.4 cm³/mol. The van der Waals surface area contributed by atoms with Gasteiger partial charge in [-0.2, -0.15) is 0 Å². The molecule has 17 heavy (non-hydrogen) atoms. The van der Waals surface area contributed by atoms with Crippen molar-refractivity contribution in [2.24, 2.45) is 0 Å². The van der Waals surface area contributed by atoms with E-state index >= 15 is 0 Å². The maximum absolute atomic E-state index is 11.3. The average molecular weight is 299 g/mol. The predicted octanol–water partition coefficient (Wildman–Crippen LogP) is 3.09. The molecule has 1 rings (SSSR count). The van der Waals surface area contributed by atoms with Gasteiger partial charge in [0.15, 0.2) is 0 Å². The highest BCUT2D eigenvalue weighted by molar-refractivity contribution is 8.93. The number of amides is 1. The molecule has 0 unspecified atom stereocenters. The lowest BCUT2D eigenvalue weighted by Crippen LogP contribution is -2.42. The molecular weight excluding hydrogens is 280 g/mol. The quantitative estimate of drug-likeness (QED) is 0.646. The van der Waals surface area contributed by atoms with E-state index in [1.165, 1.54) is 6.08 Å². The second-order valence-corrected chi connectivity index (χ2v) is 3.52. The Bertz CT molecular complexity index is 341. The fraction of sp³-hybridized carbons (Fsp3) is 0.308. The van der Waals surface area contributed by atoms with Gasteiger partial charge in [-0.25, -0.2) is 0 Å². The summed E-state index contributed by atoms with van der Waals surface area (Å²) < 4.78 is 0. The topological polar surface area (TPSA) is 32.3 Å².